The van der Waals surface area contributed by atoms with Crippen LogP contribution in [-0.2, 0) is 0 Å². The van der Waals surface area contributed by atoms with Crippen LogP contribution in [0.3, 0.4) is 0 Å². The van der Waals surface area contributed by atoms with E-state index in [1.807, 2.05) is 12.1 Å². The summed E-state index contributed by atoms with van der Waals surface area (Å²) in [5, 5.41) is 11.0. The number of benzene rings is 1. The third kappa shape index (κ3) is 1.22. The molecule has 1 aromatic carbocycles. The Balaban J connectivity index is 2.88. The fourth-order valence-corrected chi connectivity index (χ4v) is 2.74. The van der Waals surface area contributed by atoms with Gasteiger partial charge in [0, 0.05) is 15.1 Å². The smallest absolute Gasteiger partial charge is 0.148 e. The van der Waals surface area contributed by atoms with Crippen LogP contribution >= 0.6 is 38.9 Å². The molecule has 62 valence electrons. The molecule has 0 bridgehead atoms. The normalized spacial score (nSPS) is 10.8. The number of aromatic hydroxyl groups is 1. The van der Waals surface area contributed by atoms with Crippen molar-refractivity contribution in [1.29, 1.82) is 0 Å². The first-order chi connectivity index (χ1) is 5.68. The van der Waals surface area contributed by atoms with Gasteiger partial charge in [-0.15, -0.1) is 11.3 Å². The summed E-state index contributed by atoms with van der Waals surface area (Å²) < 4.78 is 1.78. The molecule has 1 nitrogen and oxygen atoms in total. The zero-order valence-electron chi connectivity index (χ0n) is 5.84. The molecule has 0 saturated carbocycles. The Hall–Kier alpha value is -0.250. The highest BCUT2D eigenvalue weighted by molar-refractivity contribution is 9.11. The van der Waals surface area contributed by atoms with Crippen molar-refractivity contribution in [3.8, 4) is 5.75 Å². The molecule has 0 unspecified atom stereocenters. The van der Waals surface area contributed by atoms with Crippen molar-refractivity contribution in [2.45, 2.75) is 0 Å². The Kier molecular flexibility index (Phi) is 2.02. The van der Waals surface area contributed by atoms with Gasteiger partial charge in [0.25, 0.3) is 0 Å². The highest BCUT2D eigenvalue weighted by Crippen LogP contribution is 2.41. The Morgan fingerprint density at radius 2 is 2.17 bits per heavy atom. The molecule has 4 heteroatoms. The maximum absolute atomic E-state index is 9.53. The lowest BCUT2D eigenvalue weighted by molar-refractivity contribution is 0.481. The molecule has 0 atom stereocenters. The van der Waals surface area contributed by atoms with Crippen LogP contribution in [0.1, 0.15) is 0 Å². The quantitative estimate of drug-likeness (QED) is 0.761. The summed E-state index contributed by atoms with van der Waals surface area (Å²) in [6.45, 7) is 0. The molecule has 0 aliphatic heterocycles. The maximum atomic E-state index is 9.53. The first kappa shape index (κ1) is 8.35. The average Bonchev–Trinajstić information content (AvgIpc) is 2.31. The largest absolute Gasteiger partial charge is 0.505 e. The standard InChI is InChI=1S/C8H4BrClOS/c9-8-7(11)5-3-4(10)1-2-6(5)12-8/h1-3,11H. The van der Waals surface area contributed by atoms with Gasteiger partial charge in [0.1, 0.15) is 9.54 Å². The third-order valence-corrected chi connectivity index (χ3v) is 3.63. The number of hydrogen-bond acceptors (Lipinski definition) is 2. The summed E-state index contributed by atoms with van der Waals surface area (Å²) in [6.07, 6.45) is 0. The summed E-state index contributed by atoms with van der Waals surface area (Å²) in [7, 11) is 0. The molecule has 2 aromatic rings. The van der Waals surface area contributed by atoms with Gasteiger partial charge in [-0.05, 0) is 34.1 Å². The van der Waals surface area contributed by atoms with Crippen molar-refractivity contribution < 1.29 is 5.11 Å². The second-order valence-corrected chi connectivity index (χ2v) is 5.17. The van der Waals surface area contributed by atoms with E-state index in [4.69, 9.17) is 11.6 Å². The molecular weight excluding hydrogens is 260 g/mol. The lowest BCUT2D eigenvalue weighted by atomic mass is 10.2. The zero-order valence-corrected chi connectivity index (χ0v) is 9.00. The zero-order chi connectivity index (χ0) is 8.72. The van der Waals surface area contributed by atoms with Gasteiger partial charge in [-0.25, -0.2) is 0 Å². The summed E-state index contributed by atoms with van der Waals surface area (Å²) in [6, 6.07) is 5.46. The topological polar surface area (TPSA) is 20.2 Å². The number of hydrogen-bond donors (Lipinski definition) is 1. The fraction of sp³-hybridized carbons (Fsp3) is 0. The molecule has 0 amide bonds. The van der Waals surface area contributed by atoms with E-state index in [2.05, 4.69) is 15.9 Å². The van der Waals surface area contributed by atoms with Crippen LogP contribution in [0.25, 0.3) is 10.1 Å². The summed E-state index contributed by atoms with van der Waals surface area (Å²) in [5.41, 5.74) is 0. The van der Waals surface area contributed by atoms with Gasteiger partial charge < -0.3 is 5.11 Å². The van der Waals surface area contributed by atoms with Crippen molar-refractivity contribution in [1.82, 2.24) is 0 Å². The number of rotatable bonds is 0. The van der Waals surface area contributed by atoms with E-state index in [-0.39, 0.29) is 5.75 Å². The fourth-order valence-electron chi connectivity index (χ4n) is 1.03. The number of thiophene rings is 1. The second-order valence-electron chi connectivity index (χ2n) is 2.36. The predicted molar refractivity (Wildman–Crippen MR) is 56.2 cm³/mol. The minimum atomic E-state index is 0.275. The summed E-state index contributed by atoms with van der Waals surface area (Å²) in [5.74, 6) is 0.275. The highest BCUT2D eigenvalue weighted by atomic mass is 79.9. The van der Waals surface area contributed by atoms with Gasteiger partial charge in [0.15, 0.2) is 0 Å². The molecule has 0 aliphatic rings. The summed E-state index contributed by atoms with van der Waals surface area (Å²) >= 11 is 10.5. The van der Waals surface area contributed by atoms with Gasteiger partial charge >= 0.3 is 0 Å². The van der Waals surface area contributed by atoms with Crippen LogP contribution in [0.5, 0.6) is 5.75 Å². The van der Waals surface area contributed by atoms with Crippen molar-refractivity contribution in [3.63, 3.8) is 0 Å². The maximum Gasteiger partial charge on any atom is 0.148 e. The molecule has 12 heavy (non-hydrogen) atoms. The minimum absolute atomic E-state index is 0.275. The van der Waals surface area contributed by atoms with Gasteiger partial charge in [0.05, 0.1) is 0 Å². The highest BCUT2D eigenvalue weighted by Gasteiger charge is 2.08. The predicted octanol–water partition coefficient (Wildman–Crippen LogP) is 4.02. The first-order valence-electron chi connectivity index (χ1n) is 3.25. The monoisotopic (exact) mass is 262 g/mol. The SMILES string of the molecule is Oc1c(Br)sc2ccc(Cl)cc12. The molecule has 0 saturated heterocycles. The van der Waals surface area contributed by atoms with Crippen LogP contribution < -0.4 is 0 Å². The van der Waals surface area contributed by atoms with E-state index in [0.29, 0.717) is 5.02 Å². The van der Waals surface area contributed by atoms with Crippen LogP contribution in [-0.4, -0.2) is 5.11 Å². The Bertz CT molecular complexity index is 438. The van der Waals surface area contributed by atoms with Gasteiger partial charge in [-0.2, -0.15) is 0 Å². The summed E-state index contributed by atoms with van der Waals surface area (Å²) in [4.78, 5) is 0. The van der Waals surface area contributed by atoms with Crippen LogP contribution in [0, 0.1) is 0 Å². The van der Waals surface area contributed by atoms with Gasteiger partial charge in [-0.1, -0.05) is 11.6 Å². The lowest BCUT2D eigenvalue weighted by Crippen LogP contribution is -1.64. The van der Waals surface area contributed by atoms with E-state index in [9.17, 15) is 5.11 Å². The molecule has 2 rings (SSSR count). The van der Waals surface area contributed by atoms with Crippen molar-refractivity contribution in [2.75, 3.05) is 0 Å². The van der Waals surface area contributed by atoms with Gasteiger partial charge in [0.2, 0.25) is 0 Å². The van der Waals surface area contributed by atoms with Crippen LogP contribution in [0.15, 0.2) is 22.0 Å². The molecule has 0 radical (unpaired) electrons. The Morgan fingerprint density at radius 3 is 2.92 bits per heavy atom. The van der Waals surface area contributed by atoms with Gasteiger partial charge in [-0.3, -0.25) is 0 Å². The van der Waals surface area contributed by atoms with Crippen molar-refractivity contribution >= 4 is 49.0 Å². The molecule has 1 aromatic heterocycles. The van der Waals surface area contributed by atoms with E-state index < -0.39 is 0 Å². The average molecular weight is 264 g/mol. The van der Waals surface area contributed by atoms with Crippen molar-refractivity contribution in [2.24, 2.45) is 0 Å². The number of halogens is 2. The molecule has 0 spiro atoms. The Labute approximate surface area is 86.7 Å². The third-order valence-electron chi connectivity index (χ3n) is 1.58. The van der Waals surface area contributed by atoms with Crippen molar-refractivity contribution in [3.05, 3.63) is 27.0 Å². The van der Waals surface area contributed by atoms with E-state index in [1.165, 1.54) is 11.3 Å². The van der Waals surface area contributed by atoms with E-state index >= 15 is 0 Å². The lowest BCUT2D eigenvalue weighted by Gasteiger charge is -1.90. The molecule has 0 aliphatic carbocycles. The van der Waals surface area contributed by atoms with Crippen LogP contribution in [0.4, 0.5) is 0 Å². The van der Waals surface area contributed by atoms with E-state index in [0.717, 1.165) is 13.9 Å². The molecule has 1 heterocycles. The first-order valence-corrected chi connectivity index (χ1v) is 5.24. The minimum Gasteiger partial charge on any atom is -0.505 e. The van der Waals surface area contributed by atoms with E-state index in [1.54, 1.807) is 6.07 Å². The molecular formula is C8H4BrClOS. The molecule has 0 fully saturated rings. The van der Waals surface area contributed by atoms with Crippen LogP contribution in [0.2, 0.25) is 5.02 Å². The molecule has 1 N–H and O–H groups in total. The second kappa shape index (κ2) is 2.91. The number of fused-ring (bicyclic) bond motifs is 1. The Morgan fingerprint density at radius 1 is 1.42 bits per heavy atom.